The Bertz CT molecular complexity index is 2110. The first kappa shape index (κ1) is 60.1. The van der Waals surface area contributed by atoms with E-state index in [1.165, 1.54) is 0 Å². The third-order valence-corrected chi connectivity index (χ3v) is 16.2. The maximum absolute atomic E-state index is 14.4. The van der Waals surface area contributed by atoms with Gasteiger partial charge in [0, 0.05) is 72.8 Å². The second-order valence-corrected chi connectivity index (χ2v) is 24.9. The molecule has 432 valence electrons. The second kappa shape index (κ2) is 29.1. The smallest absolute Gasteiger partial charge is 0.338 e. The van der Waals surface area contributed by atoms with Crippen molar-refractivity contribution in [1.82, 2.24) is 21.3 Å². The summed E-state index contributed by atoms with van der Waals surface area (Å²) >= 11 is 0. The molecule has 10 atom stereocenters. The molecule has 5 aliphatic rings. The summed E-state index contributed by atoms with van der Waals surface area (Å²) in [7, 11) is 0. The Morgan fingerprint density at radius 2 is 0.692 bits per heavy atom. The third-order valence-electron chi connectivity index (χ3n) is 16.2. The Morgan fingerprint density at radius 3 is 1.01 bits per heavy atom. The van der Waals surface area contributed by atoms with Gasteiger partial charge in [-0.2, -0.15) is 0 Å². The normalized spacial score (nSPS) is 27.0. The fourth-order valence-electron chi connectivity index (χ4n) is 11.6. The minimum absolute atomic E-state index is 0.153. The van der Waals surface area contributed by atoms with Crippen molar-refractivity contribution < 1.29 is 57.2 Å². The van der Waals surface area contributed by atoms with E-state index in [-0.39, 0.29) is 59.7 Å². The number of nitrogens with one attached hydrogen (secondary N) is 4. The topological polar surface area (TPSA) is 206 Å². The number of fused-ring (bicyclic) bond motifs is 8. The lowest BCUT2D eigenvalue weighted by molar-refractivity contribution is -0.134. The van der Waals surface area contributed by atoms with Crippen LogP contribution in [0.2, 0.25) is 0 Å². The summed E-state index contributed by atoms with van der Waals surface area (Å²) in [5.74, 6) is -0.00814. The number of benzene rings is 2. The van der Waals surface area contributed by atoms with Crippen LogP contribution in [-0.4, -0.2) is 98.4 Å². The average Bonchev–Trinajstić information content (AvgIpc) is 3.39. The van der Waals surface area contributed by atoms with Crippen molar-refractivity contribution in [2.75, 3.05) is 26.4 Å². The van der Waals surface area contributed by atoms with E-state index in [0.29, 0.717) is 137 Å². The van der Waals surface area contributed by atoms with Crippen LogP contribution >= 0.6 is 0 Å². The molecule has 4 aliphatic carbocycles. The minimum atomic E-state index is -0.684. The van der Waals surface area contributed by atoms with Crippen LogP contribution in [0.25, 0.3) is 0 Å². The van der Waals surface area contributed by atoms with Crippen molar-refractivity contribution in [2.24, 2.45) is 47.3 Å². The van der Waals surface area contributed by atoms with E-state index >= 15 is 0 Å². The highest BCUT2D eigenvalue weighted by Gasteiger charge is 2.42. The molecule has 1 aliphatic heterocycles. The van der Waals surface area contributed by atoms with E-state index in [9.17, 15) is 28.8 Å². The molecule has 16 nitrogen and oxygen atoms in total. The summed E-state index contributed by atoms with van der Waals surface area (Å²) in [6.07, 6.45) is 8.84. The standard InChI is InChI=1S/C62H92N4O12/c1-37(2)15-19-73-51-29-45(30-52(35-51)74-20-16-38(3)4)61(71)77-55-27-43-25-49(33-55)65-57(67)41-11-9-14-48(23-41)64-60(70)44-26-50(66-58(68)42-12-10-13-47(24-42)63-59(43)69)34-56(28-44)78-62(72)46-31-53(75-21-17-39(5)6)36-54(32-46)76-22-18-40(7)8/h29-32,35-44,47-50,55-56H,9-28,33-34H2,1-8H3,(H,63,69)(H,64,70)(H,65,67)(H,66,68)/t41-,42-,43-,44-,47+,48+,49+,50+,55-,56-/m1/s1. The van der Waals surface area contributed by atoms with Crippen LogP contribution in [-0.2, 0) is 28.7 Å². The zero-order valence-electron chi connectivity index (χ0n) is 48.0. The predicted molar refractivity (Wildman–Crippen MR) is 297 cm³/mol. The fraction of sp³-hybridized carbons (Fsp3) is 0.710. The van der Waals surface area contributed by atoms with Crippen LogP contribution in [0.4, 0.5) is 0 Å². The SMILES string of the molecule is CC(C)CCOc1cc(OCCC(C)C)cc(C(=O)O[C@H]2C[C@@H]3C[C@H](C2)C(=O)N[C@H]2CCC[C@H](C2)C(=O)N[C@@H]2C[C@H](OC(=O)c4cc(OCCC(C)C)cc(OCCC(C)C)c4)C[C@@H](C2)C(=O)N[C@H]2CCC[C@H](C2)C(=O)N3)c1. The van der Waals surface area contributed by atoms with Gasteiger partial charge in [0.2, 0.25) is 23.6 Å². The van der Waals surface area contributed by atoms with Crippen molar-refractivity contribution in [3.05, 3.63) is 47.5 Å². The third kappa shape index (κ3) is 18.8. The van der Waals surface area contributed by atoms with Crippen molar-refractivity contribution in [3.8, 4) is 23.0 Å². The summed E-state index contributed by atoms with van der Waals surface area (Å²) < 4.78 is 36.9. The zero-order valence-corrected chi connectivity index (χ0v) is 48.0. The fourth-order valence-corrected chi connectivity index (χ4v) is 11.6. The summed E-state index contributed by atoms with van der Waals surface area (Å²) in [6.45, 7) is 18.9. The van der Waals surface area contributed by atoms with Crippen LogP contribution in [0.5, 0.6) is 23.0 Å². The number of esters is 2. The number of carbonyl (C=O) groups is 6. The molecular weight excluding hydrogens is 993 g/mol. The van der Waals surface area contributed by atoms with Gasteiger partial charge in [0.25, 0.3) is 0 Å². The van der Waals surface area contributed by atoms with E-state index in [4.69, 9.17) is 28.4 Å². The van der Waals surface area contributed by atoms with E-state index < -0.39 is 59.9 Å². The molecule has 7 rings (SSSR count). The van der Waals surface area contributed by atoms with Crippen LogP contribution < -0.4 is 40.2 Å². The molecule has 1 saturated heterocycles. The molecular formula is C62H92N4O12. The summed E-state index contributed by atoms with van der Waals surface area (Å²) in [6, 6.07) is 8.79. The molecule has 4 N–H and O–H groups in total. The van der Waals surface area contributed by atoms with Gasteiger partial charge in [0.1, 0.15) is 35.2 Å². The second-order valence-electron chi connectivity index (χ2n) is 24.9. The Balaban J connectivity index is 1.07. The minimum Gasteiger partial charge on any atom is -0.493 e. The molecule has 8 bridgehead atoms. The number of rotatable bonds is 20. The first-order chi connectivity index (χ1) is 37.3. The first-order valence-electron chi connectivity index (χ1n) is 29.8. The Kier molecular flexibility index (Phi) is 22.4. The summed E-state index contributed by atoms with van der Waals surface area (Å²) in [5, 5.41) is 13.1. The van der Waals surface area contributed by atoms with Gasteiger partial charge >= 0.3 is 11.9 Å². The number of hydrogen-bond donors (Lipinski definition) is 4. The van der Waals surface area contributed by atoms with Crippen molar-refractivity contribution in [2.45, 2.75) is 207 Å². The van der Waals surface area contributed by atoms with Crippen LogP contribution in [0.1, 0.15) is 192 Å². The van der Waals surface area contributed by atoms with Crippen molar-refractivity contribution in [1.29, 1.82) is 0 Å². The average molecular weight is 1090 g/mol. The highest BCUT2D eigenvalue weighted by molar-refractivity contribution is 5.91. The lowest BCUT2D eigenvalue weighted by Crippen LogP contribution is -2.53. The number of ether oxygens (including phenoxy) is 6. The largest absolute Gasteiger partial charge is 0.493 e. The van der Waals surface area contributed by atoms with Gasteiger partial charge in [-0.15, -0.1) is 0 Å². The van der Waals surface area contributed by atoms with Crippen LogP contribution in [0, 0.1) is 47.3 Å². The van der Waals surface area contributed by atoms with Crippen LogP contribution in [0.3, 0.4) is 0 Å². The van der Waals surface area contributed by atoms with E-state index in [0.717, 1.165) is 38.5 Å². The molecule has 4 amide bonds. The Labute approximate surface area is 464 Å². The van der Waals surface area contributed by atoms with Gasteiger partial charge < -0.3 is 49.7 Å². The van der Waals surface area contributed by atoms with E-state index in [2.05, 4.69) is 76.7 Å². The first-order valence-corrected chi connectivity index (χ1v) is 29.8. The molecule has 4 saturated carbocycles. The molecule has 16 heteroatoms. The molecule has 0 unspecified atom stereocenters. The molecule has 78 heavy (non-hydrogen) atoms. The lowest BCUT2D eigenvalue weighted by Gasteiger charge is -2.38. The maximum atomic E-state index is 14.4. The number of hydrogen-bond acceptors (Lipinski definition) is 12. The van der Waals surface area contributed by atoms with Gasteiger partial charge in [0.15, 0.2) is 0 Å². The molecule has 0 radical (unpaired) electrons. The molecule has 5 fully saturated rings. The number of amides is 4. The highest BCUT2D eigenvalue weighted by atomic mass is 16.5. The van der Waals surface area contributed by atoms with Crippen molar-refractivity contribution in [3.63, 3.8) is 0 Å². The number of carbonyl (C=O) groups excluding carboxylic acids is 6. The monoisotopic (exact) mass is 1080 g/mol. The summed E-state index contributed by atoms with van der Waals surface area (Å²) in [5.41, 5.74) is 0.556. The van der Waals surface area contributed by atoms with E-state index in [1.54, 1.807) is 36.4 Å². The summed E-state index contributed by atoms with van der Waals surface area (Å²) in [4.78, 5) is 85.6. The highest BCUT2D eigenvalue weighted by Crippen LogP contribution is 2.35. The molecule has 0 spiro atoms. The van der Waals surface area contributed by atoms with Gasteiger partial charge in [-0.05, 0) is 138 Å². The van der Waals surface area contributed by atoms with Gasteiger partial charge in [0.05, 0.1) is 37.6 Å². The Morgan fingerprint density at radius 1 is 0.397 bits per heavy atom. The Hall–Kier alpha value is -5.54. The zero-order chi connectivity index (χ0) is 55.9. The maximum Gasteiger partial charge on any atom is 0.338 e. The molecule has 0 aromatic heterocycles. The lowest BCUT2D eigenvalue weighted by atomic mass is 9.79. The predicted octanol–water partition coefficient (Wildman–Crippen LogP) is 10.1. The molecule has 1 heterocycles. The van der Waals surface area contributed by atoms with Crippen molar-refractivity contribution >= 4 is 35.6 Å². The van der Waals surface area contributed by atoms with E-state index in [1.807, 2.05) is 0 Å². The van der Waals surface area contributed by atoms with Gasteiger partial charge in [-0.1, -0.05) is 68.2 Å². The molecule has 2 aromatic rings. The molecule has 2 aromatic carbocycles. The van der Waals surface area contributed by atoms with Gasteiger partial charge in [-0.3, -0.25) is 19.2 Å². The quantitative estimate of drug-likeness (QED) is 0.0915. The van der Waals surface area contributed by atoms with Gasteiger partial charge in [-0.25, -0.2) is 9.59 Å². The van der Waals surface area contributed by atoms with Crippen LogP contribution in [0.15, 0.2) is 36.4 Å².